The van der Waals surface area contributed by atoms with Crippen molar-refractivity contribution in [2.45, 2.75) is 4.90 Å². The fourth-order valence-electron chi connectivity index (χ4n) is 1.54. The van der Waals surface area contributed by atoms with Gasteiger partial charge in [0, 0.05) is 14.4 Å². The number of thioether (sulfide) groups is 1. The van der Waals surface area contributed by atoms with Gasteiger partial charge in [-0.05, 0) is 52.3 Å². The van der Waals surface area contributed by atoms with Crippen LogP contribution in [0.1, 0.15) is 10.4 Å². The molecule has 0 aromatic heterocycles. The molecule has 0 aliphatic rings. The van der Waals surface area contributed by atoms with E-state index in [0.29, 0.717) is 15.1 Å². The Bertz CT molecular complexity index is 644. The molecule has 104 valence electrons. The third-order valence-electron chi connectivity index (χ3n) is 2.51. The van der Waals surface area contributed by atoms with Crippen molar-refractivity contribution >= 4 is 61.0 Å². The number of phenols is 1. The van der Waals surface area contributed by atoms with E-state index in [-0.39, 0.29) is 17.3 Å². The van der Waals surface area contributed by atoms with Gasteiger partial charge in [0.25, 0.3) is 0 Å². The smallest absolute Gasteiger partial charge is 0.176 e. The number of ketones is 1. The van der Waals surface area contributed by atoms with Crippen molar-refractivity contribution in [1.29, 1.82) is 0 Å². The zero-order valence-corrected chi connectivity index (χ0v) is 14.8. The first-order valence-corrected chi connectivity index (χ1v) is 8.52. The number of benzene rings is 2. The van der Waals surface area contributed by atoms with Crippen molar-refractivity contribution in [3.8, 4) is 5.75 Å². The standard InChI is InChI=1S/C14H9Br2ClO2S/c15-8-5-11(14(19)12(16)6-8)13(18)7-20-10-3-1-9(17)2-4-10/h1-6,19H,7H2. The number of carbonyl (C=O) groups is 1. The average Bonchev–Trinajstić information content (AvgIpc) is 2.42. The quantitative estimate of drug-likeness (QED) is 0.505. The first-order valence-electron chi connectivity index (χ1n) is 5.57. The molecule has 20 heavy (non-hydrogen) atoms. The second-order valence-electron chi connectivity index (χ2n) is 3.95. The van der Waals surface area contributed by atoms with E-state index in [1.807, 2.05) is 12.1 Å². The first kappa shape index (κ1) is 15.9. The topological polar surface area (TPSA) is 37.3 Å². The van der Waals surface area contributed by atoms with Crippen molar-refractivity contribution in [2.75, 3.05) is 5.75 Å². The van der Waals surface area contributed by atoms with Gasteiger partial charge in [-0.25, -0.2) is 0 Å². The molecule has 2 nitrogen and oxygen atoms in total. The molecule has 0 amide bonds. The van der Waals surface area contributed by atoms with E-state index in [4.69, 9.17) is 11.6 Å². The summed E-state index contributed by atoms with van der Waals surface area (Å²) in [6.07, 6.45) is 0. The highest BCUT2D eigenvalue weighted by Crippen LogP contribution is 2.33. The lowest BCUT2D eigenvalue weighted by Crippen LogP contribution is -2.03. The summed E-state index contributed by atoms with van der Waals surface area (Å²) in [5.41, 5.74) is 0.299. The summed E-state index contributed by atoms with van der Waals surface area (Å²) in [7, 11) is 0. The Morgan fingerprint density at radius 1 is 1.20 bits per heavy atom. The van der Waals surface area contributed by atoms with E-state index in [1.165, 1.54) is 11.8 Å². The highest BCUT2D eigenvalue weighted by Gasteiger charge is 2.15. The zero-order chi connectivity index (χ0) is 14.7. The zero-order valence-electron chi connectivity index (χ0n) is 10.1. The second-order valence-corrected chi connectivity index (χ2v) is 7.20. The summed E-state index contributed by atoms with van der Waals surface area (Å²) in [5, 5.41) is 10.6. The Morgan fingerprint density at radius 2 is 1.85 bits per heavy atom. The molecule has 0 spiro atoms. The van der Waals surface area contributed by atoms with Crippen LogP contribution in [0, 0.1) is 0 Å². The Morgan fingerprint density at radius 3 is 2.50 bits per heavy atom. The molecule has 0 unspecified atom stereocenters. The minimum absolute atomic E-state index is 0.0325. The molecule has 0 aliphatic carbocycles. The van der Waals surface area contributed by atoms with Gasteiger partial charge in [-0.15, -0.1) is 11.8 Å². The number of phenolic OH excluding ortho intramolecular Hbond substituents is 1. The lowest BCUT2D eigenvalue weighted by molar-refractivity contribution is 0.102. The minimum Gasteiger partial charge on any atom is -0.506 e. The molecule has 2 rings (SSSR count). The SMILES string of the molecule is O=C(CSc1ccc(Cl)cc1)c1cc(Br)cc(Br)c1O. The monoisotopic (exact) mass is 434 g/mol. The Hall–Kier alpha value is -0.490. The third kappa shape index (κ3) is 4.01. The van der Waals surface area contributed by atoms with Crippen molar-refractivity contribution < 1.29 is 9.90 Å². The van der Waals surface area contributed by atoms with E-state index in [0.717, 1.165) is 9.37 Å². The van der Waals surface area contributed by atoms with Crippen molar-refractivity contribution in [3.63, 3.8) is 0 Å². The Labute approximate surface area is 142 Å². The lowest BCUT2D eigenvalue weighted by Gasteiger charge is -2.07. The molecule has 0 atom stereocenters. The van der Waals surface area contributed by atoms with Gasteiger partial charge < -0.3 is 5.11 Å². The summed E-state index contributed by atoms with van der Waals surface area (Å²) < 4.78 is 1.23. The highest BCUT2D eigenvalue weighted by molar-refractivity contribution is 9.11. The summed E-state index contributed by atoms with van der Waals surface area (Å²) in [4.78, 5) is 13.1. The molecule has 0 saturated carbocycles. The largest absolute Gasteiger partial charge is 0.506 e. The number of aromatic hydroxyl groups is 1. The molecular weight excluding hydrogens is 427 g/mol. The number of halogens is 3. The summed E-state index contributed by atoms with van der Waals surface area (Å²) in [6, 6.07) is 10.6. The van der Waals surface area contributed by atoms with Crippen LogP contribution in [0.4, 0.5) is 0 Å². The molecule has 0 heterocycles. The van der Waals surface area contributed by atoms with E-state index >= 15 is 0 Å². The van der Waals surface area contributed by atoms with Crippen LogP contribution < -0.4 is 0 Å². The molecular formula is C14H9Br2ClO2S. The van der Waals surface area contributed by atoms with Gasteiger partial charge >= 0.3 is 0 Å². The number of carbonyl (C=O) groups excluding carboxylic acids is 1. The van der Waals surface area contributed by atoms with Crippen LogP contribution in [-0.4, -0.2) is 16.6 Å². The van der Waals surface area contributed by atoms with Crippen molar-refractivity contribution in [3.05, 3.63) is 55.9 Å². The fourth-order valence-corrected chi connectivity index (χ4v) is 3.67. The number of Topliss-reactive ketones (excluding diaryl/α,β-unsaturated/α-hetero) is 1. The van der Waals surface area contributed by atoms with Crippen LogP contribution in [0.15, 0.2) is 50.2 Å². The van der Waals surface area contributed by atoms with Gasteiger partial charge in [0.15, 0.2) is 5.78 Å². The molecule has 2 aromatic rings. The fraction of sp³-hybridized carbons (Fsp3) is 0.0714. The van der Waals surface area contributed by atoms with Crippen LogP contribution in [0.25, 0.3) is 0 Å². The van der Waals surface area contributed by atoms with Gasteiger partial charge in [-0.2, -0.15) is 0 Å². The molecule has 2 aromatic carbocycles. The van der Waals surface area contributed by atoms with Crippen molar-refractivity contribution in [2.24, 2.45) is 0 Å². The summed E-state index contributed by atoms with van der Waals surface area (Å²) >= 11 is 13.7. The van der Waals surface area contributed by atoms with Gasteiger partial charge in [-0.1, -0.05) is 27.5 Å². The molecule has 0 saturated heterocycles. The van der Waals surface area contributed by atoms with Crippen LogP contribution in [0.2, 0.25) is 5.02 Å². The van der Waals surface area contributed by atoms with Gasteiger partial charge in [0.1, 0.15) is 5.75 Å². The molecule has 6 heteroatoms. The maximum Gasteiger partial charge on any atom is 0.176 e. The molecule has 0 aliphatic heterocycles. The predicted octanol–water partition coefficient (Wildman–Crippen LogP) is 5.55. The molecule has 0 bridgehead atoms. The number of hydrogen-bond donors (Lipinski definition) is 1. The number of rotatable bonds is 4. The number of hydrogen-bond acceptors (Lipinski definition) is 3. The van der Waals surface area contributed by atoms with E-state index < -0.39 is 0 Å². The molecule has 0 fully saturated rings. The van der Waals surface area contributed by atoms with Gasteiger partial charge in [-0.3, -0.25) is 4.79 Å². The van der Waals surface area contributed by atoms with Gasteiger partial charge in [0.2, 0.25) is 0 Å². The lowest BCUT2D eigenvalue weighted by atomic mass is 10.1. The summed E-state index contributed by atoms with van der Waals surface area (Å²) in [6.45, 7) is 0. The summed E-state index contributed by atoms with van der Waals surface area (Å²) in [5.74, 6) is 0.0808. The van der Waals surface area contributed by atoms with E-state index in [9.17, 15) is 9.90 Å². The maximum atomic E-state index is 12.2. The van der Waals surface area contributed by atoms with Crippen LogP contribution in [-0.2, 0) is 0 Å². The normalized spacial score (nSPS) is 10.6. The Kier molecular flexibility index (Phi) is 5.55. The van der Waals surface area contributed by atoms with Crippen LogP contribution in [0.3, 0.4) is 0 Å². The van der Waals surface area contributed by atoms with Crippen molar-refractivity contribution in [1.82, 2.24) is 0 Å². The third-order valence-corrected chi connectivity index (χ3v) is 4.84. The molecule has 0 radical (unpaired) electrons. The maximum absolute atomic E-state index is 12.2. The van der Waals surface area contributed by atoms with Crippen LogP contribution in [0.5, 0.6) is 5.75 Å². The van der Waals surface area contributed by atoms with E-state index in [1.54, 1.807) is 24.3 Å². The Balaban J connectivity index is 2.11. The average molecular weight is 437 g/mol. The minimum atomic E-state index is -0.135. The highest BCUT2D eigenvalue weighted by atomic mass is 79.9. The molecule has 1 N–H and O–H groups in total. The van der Waals surface area contributed by atoms with Crippen LogP contribution >= 0.6 is 55.2 Å². The predicted molar refractivity (Wildman–Crippen MR) is 90.0 cm³/mol. The van der Waals surface area contributed by atoms with Gasteiger partial charge in [0.05, 0.1) is 15.8 Å². The second kappa shape index (κ2) is 6.98. The first-order chi connectivity index (χ1) is 9.47. The van der Waals surface area contributed by atoms with E-state index in [2.05, 4.69) is 31.9 Å².